The van der Waals surface area contributed by atoms with Crippen LogP contribution in [0.15, 0.2) is 48.5 Å². The number of methoxy groups -OCH3 is 1. The Bertz CT molecular complexity index is 1080. The number of pyridine rings is 1. The summed E-state index contributed by atoms with van der Waals surface area (Å²) in [6.07, 6.45) is 4.85. The van der Waals surface area contributed by atoms with E-state index in [4.69, 9.17) is 9.72 Å². The third-order valence-corrected chi connectivity index (χ3v) is 5.52. The predicted octanol–water partition coefficient (Wildman–Crippen LogP) is 5.21. The molecule has 0 bridgehead atoms. The van der Waals surface area contributed by atoms with Crippen molar-refractivity contribution in [2.75, 3.05) is 20.7 Å². The molecular weight excluding hydrogens is 360 g/mol. The molecule has 0 atom stereocenters. The number of amides is 1. The Morgan fingerprint density at radius 3 is 2.62 bits per heavy atom. The quantitative estimate of drug-likeness (QED) is 0.604. The fraction of sp³-hybridized carbons (Fsp3) is 0.280. The van der Waals surface area contributed by atoms with Crippen LogP contribution in [0.25, 0.3) is 22.6 Å². The third-order valence-electron chi connectivity index (χ3n) is 5.52. The van der Waals surface area contributed by atoms with Gasteiger partial charge in [0.1, 0.15) is 5.75 Å². The van der Waals surface area contributed by atoms with Gasteiger partial charge in [0.25, 0.3) is 5.91 Å². The summed E-state index contributed by atoms with van der Waals surface area (Å²) in [5.41, 5.74) is 6.04. The van der Waals surface area contributed by atoms with E-state index in [0.717, 1.165) is 64.8 Å². The lowest BCUT2D eigenvalue weighted by Gasteiger charge is -2.19. The minimum absolute atomic E-state index is 0.0902. The summed E-state index contributed by atoms with van der Waals surface area (Å²) >= 11 is 0. The van der Waals surface area contributed by atoms with E-state index in [-0.39, 0.29) is 5.91 Å². The molecule has 4 heteroatoms. The molecule has 0 N–H and O–H groups in total. The van der Waals surface area contributed by atoms with Gasteiger partial charge in [0.05, 0.1) is 23.9 Å². The van der Waals surface area contributed by atoms with Gasteiger partial charge in [-0.2, -0.15) is 0 Å². The molecule has 4 nitrogen and oxygen atoms in total. The molecule has 0 radical (unpaired) electrons. The van der Waals surface area contributed by atoms with Crippen LogP contribution in [-0.2, 0) is 6.42 Å². The van der Waals surface area contributed by atoms with Gasteiger partial charge < -0.3 is 9.64 Å². The summed E-state index contributed by atoms with van der Waals surface area (Å²) in [6, 6.07) is 16.0. The normalized spacial score (nSPS) is 14.2. The molecule has 29 heavy (non-hydrogen) atoms. The Labute approximate surface area is 171 Å². The number of hydrogen-bond acceptors (Lipinski definition) is 3. The summed E-state index contributed by atoms with van der Waals surface area (Å²) in [5, 5.41) is 0.949. The molecule has 0 saturated heterocycles. The number of hydrogen-bond donors (Lipinski definition) is 0. The minimum atomic E-state index is 0.0902. The van der Waals surface area contributed by atoms with Gasteiger partial charge >= 0.3 is 0 Å². The summed E-state index contributed by atoms with van der Waals surface area (Å²) in [4.78, 5) is 20.1. The lowest BCUT2D eigenvalue weighted by atomic mass is 9.99. The van der Waals surface area contributed by atoms with E-state index < -0.39 is 0 Å². The first-order valence-corrected chi connectivity index (χ1v) is 10.1. The highest BCUT2D eigenvalue weighted by atomic mass is 16.5. The fourth-order valence-corrected chi connectivity index (χ4v) is 4.05. The van der Waals surface area contributed by atoms with E-state index in [0.29, 0.717) is 0 Å². The Hall–Kier alpha value is -3.14. The lowest BCUT2D eigenvalue weighted by Crippen LogP contribution is -2.28. The maximum absolute atomic E-state index is 13.3. The summed E-state index contributed by atoms with van der Waals surface area (Å²) in [6.45, 7) is 2.84. The maximum atomic E-state index is 13.3. The second-order valence-electron chi connectivity index (χ2n) is 7.50. The Morgan fingerprint density at radius 2 is 1.90 bits per heavy atom. The average molecular weight is 386 g/mol. The minimum Gasteiger partial charge on any atom is -0.497 e. The molecule has 1 aliphatic carbocycles. The monoisotopic (exact) mass is 386 g/mol. The smallest absolute Gasteiger partial charge is 0.254 e. The number of fused-ring (bicyclic) bond motifs is 2. The van der Waals surface area contributed by atoms with Gasteiger partial charge in [-0.05, 0) is 60.2 Å². The topological polar surface area (TPSA) is 42.4 Å². The van der Waals surface area contributed by atoms with Crippen molar-refractivity contribution >= 4 is 28.5 Å². The molecule has 1 amide bonds. The number of aromatic nitrogens is 1. The fourth-order valence-electron chi connectivity index (χ4n) is 4.05. The van der Waals surface area contributed by atoms with Crippen LogP contribution in [0.1, 0.15) is 46.9 Å². The van der Waals surface area contributed by atoms with Crippen LogP contribution in [0.5, 0.6) is 5.75 Å². The summed E-state index contributed by atoms with van der Waals surface area (Å²) in [5.74, 6) is 0.933. The molecule has 1 aliphatic rings. The molecule has 4 rings (SSSR count). The van der Waals surface area contributed by atoms with Crippen molar-refractivity contribution < 1.29 is 9.53 Å². The number of nitrogens with zero attached hydrogens (tertiary/aromatic N) is 2. The van der Waals surface area contributed by atoms with Crippen molar-refractivity contribution in [3.8, 4) is 5.75 Å². The molecule has 3 aromatic rings. The van der Waals surface area contributed by atoms with Crippen LogP contribution in [-0.4, -0.2) is 36.5 Å². The Kier molecular flexibility index (Phi) is 5.34. The van der Waals surface area contributed by atoms with Crippen molar-refractivity contribution in [3.63, 3.8) is 0 Å². The summed E-state index contributed by atoms with van der Waals surface area (Å²) < 4.78 is 5.25. The van der Waals surface area contributed by atoms with E-state index in [1.807, 2.05) is 60.5 Å². The molecule has 0 fully saturated rings. The van der Waals surface area contributed by atoms with Crippen molar-refractivity contribution in [1.82, 2.24) is 9.88 Å². The zero-order chi connectivity index (χ0) is 20.4. The highest BCUT2D eigenvalue weighted by molar-refractivity contribution is 6.09. The van der Waals surface area contributed by atoms with Gasteiger partial charge in [-0.15, -0.1) is 0 Å². The van der Waals surface area contributed by atoms with Gasteiger partial charge in [0.15, 0.2) is 0 Å². The molecule has 0 aliphatic heterocycles. The van der Waals surface area contributed by atoms with Crippen LogP contribution in [0.3, 0.4) is 0 Å². The zero-order valence-electron chi connectivity index (χ0n) is 17.2. The SMILES string of the molecule is CCCN(C)C(=O)c1c2c(nc3ccccc13)/C(=C/c1ccc(OC)cc1)CC2. The average Bonchev–Trinajstić information content (AvgIpc) is 3.14. The number of carbonyl (C=O) groups excluding carboxylic acids is 1. The van der Waals surface area contributed by atoms with E-state index in [9.17, 15) is 4.79 Å². The van der Waals surface area contributed by atoms with E-state index in [1.54, 1.807) is 7.11 Å². The van der Waals surface area contributed by atoms with Gasteiger partial charge in [0, 0.05) is 19.0 Å². The van der Waals surface area contributed by atoms with Gasteiger partial charge in [-0.3, -0.25) is 4.79 Å². The third kappa shape index (κ3) is 3.63. The maximum Gasteiger partial charge on any atom is 0.254 e. The first-order chi connectivity index (χ1) is 14.1. The molecule has 148 valence electrons. The number of carbonyl (C=O) groups is 1. The Morgan fingerprint density at radius 1 is 1.14 bits per heavy atom. The molecule has 1 heterocycles. The molecule has 0 saturated carbocycles. The van der Waals surface area contributed by atoms with Gasteiger partial charge in [-0.1, -0.05) is 37.3 Å². The summed E-state index contributed by atoms with van der Waals surface area (Å²) in [7, 11) is 3.56. The predicted molar refractivity (Wildman–Crippen MR) is 118 cm³/mol. The van der Waals surface area contributed by atoms with Crippen LogP contribution < -0.4 is 4.74 Å². The molecule has 0 unspecified atom stereocenters. The largest absolute Gasteiger partial charge is 0.497 e. The first kappa shape index (κ1) is 19.2. The zero-order valence-corrected chi connectivity index (χ0v) is 17.2. The number of benzene rings is 2. The van der Waals surface area contributed by atoms with Crippen LogP contribution in [0.2, 0.25) is 0 Å². The van der Waals surface area contributed by atoms with E-state index in [1.165, 1.54) is 5.57 Å². The number of allylic oxidation sites excluding steroid dienone is 1. The van der Waals surface area contributed by atoms with Gasteiger partial charge in [-0.25, -0.2) is 4.98 Å². The van der Waals surface area contributed by atoms with Crippen molar-refractivity contribution in [1.29, 1.82) is 0 Å². The van der Waals surface area contributed by atoms with Crippen molar-refractivity contribution in [3.05, 3.63) is 70.9 Å². The molecular formula is C25H26N2O2. The first-order valence-electron chi connectivity index (χ1n) is 10.1. The highest BCUT2D eigenvalue weighted by Crippen LogP contribution is 2.38. The lowest BCUT2D eigenvalue weighted by molar-refractivity contribution is 0.0796. The van der Waals surface area contributed by atoms with Crippen LogP contribution in [0, 0.1) is 0 Å². The van der Waals surface area contributed by atoms with E-state index in [2.05, 4.69) is 13.0 Å². The number of rotatable bonds is 5. The standard InChI is InChI=1S/C25H26N2O2/c1-4-15-27(2)25(28)23-20-7-5-6-8-22(20)26-24-18(11-14-21(23)24)16-17-9-12-19(29-3)13-10-17/h5-10,12-13,16H,4,11,14-15H2,1-3H3/b18-16+. The highest BCUT2D eigenvalue weighted by Gasteiger charge is 2.28. The van der Waals surface area contributed by atoms with Gasteiger partial charge in [0.2, 0.25) is 0 Å². The van der Waals surface area contributed by atoms with E-state index >= 15 is 0 Å². The van der Waals surface area contributed by atoms with Crippen molar-refractivity contribution in [2.24, 2.45) is 0 Å². The molecule has 1 aromatic heterocycles. The molecule has 2 aromatic carbocycles. The van der Waals surface area contributed by atoms with Crippen LogP contribution in [0.4, 0.5) is 0 Å². The second-order valence-corrected chi connectivity index (χ2v) is 7.50. The number of para-hydroxylation sites is 1. The van der Waals surface area contributed by atoms with Crippen LogP contribution >= 0.6 is 0 Å². The van der Waals surface area contributed by atoms with Crippen molar-refractivity contribution in [2.45, 2.75) is 26.2 Å². The Balaban J connectivity index is 1.84. The second kappa shape index (κ2) is 8.08. The molecule has 0 spiro atoms. The number of ether oxygens (including phenoxy) is 1.